The molecule has 1 aromatic carbocycles. The van der Waals surface area contributed by atoms with Gasteiger partial charge in [-0.1, -0.05) is 6.92 Å². The monoisotopic (exact) mass is 321 g/mol. The Kier molecular flexibility index (Phi) is 6.67. The molecular weight excluding hydrogens is 294 g/mol. The predicted molar refractivity (Wildman–Crippen MR) is 91.3 cm³/mol. The van der Waals surface area contributed by atoms with Gasteiger partial charge in [-0.05, 0) is 25.1 Å². The summed E-state index contributed by atoms with van der Waals surface area (Å²) in [5, 5.41) is 2.92. The molecule has 1 fully saturated rings. The first kappa shape index (κ1) is 17.6. The number of carbonyl (C=O) groups is 1. The molecule has 1 saturated heterocycles. The molecule has 0 atom stereocenters. The normalized spacial score (nSPS) is 16.1. The molecule has 0 bridgehead atoms. The topological polar surface area (TPSA) is 54.0 Å². The van der Waals surface area contributed by atoms with E-state index in [1.54, 1.807) is 26.4 Å². The van der Waals surface area contributed by atoms with Gasteiger partial charge in [-0.25, -0.2) is 0 Å². The van der Waals surface area contributed by atoms with E-state index in [0.29, 0.717) is 23.7 Å². The minimum Gasteiger partial charge on any atom is -0.497 e. The Labute approximate surface area is 138 Å². The van der Waals surface area contributed by atoms with Crippen molar-refractivity contribution in [2.75, 3.05) is 58.8 Å². The maximum atomic E-state index is 12.3. The molecule has 128 valence electrons. The van der Waals surface area contributed by atoms with Crippen LogP contribution in [0.1, 0.15) is 13.3 Å². The second kappa shape index (κ2) is 8.74. The van der Waals surface area contributed by atoms with Crippen LogP contribution in [0.2, 0.25) is 0 Å². The molecule has 1 aliphatic heterocycles. The number of ether oxygens (including phenoxy) is 2. The van der Waals surface area contributed by atoms with Crippen LogP contribution in [0.5, 0.6) is 11.5 Å². The predicted octanol–water partition coefficient (Wildman–Crippen LogP) is 1.67. The fourth-order valence-electron chi connectivity index (χ4n) is 2.78. The van der Waals surface area contributed by atoms with Gasteiger partial charge < -0.3 is 19.7 Å². The number of anilines is 1. The van der Waals surface area contributed by atoms with Crippen molar-refractivity contribution in [3.8, 4) is 11.5 Å². The highest BCUT2D eigenvalue weighted by Gasteiger charge is 2.19. The van der Waals surface area contributed by atoms with Crippen molar-refractivity contribution in [1.82, 2.24) is 9.80 Å². The van der Waals surface area contributed by atoms with Crippen LogP contribution in [0, 0.1) is 0 Å². The Morgan fingerprint density at radius 2 is 1.83 bits per heavy atom. The van der Waals surface area contributed by atoms with Crippen molar-refractivity contribution in [2.45, 2.75) is 13.3 Å². The molecule has 0 unspecified atom stereocenters. The van der Waals surface area contributed by atoms with Crippen molar-refractivity contribution in [3.05, 3.63) is 18.2 Å². The number of hydrogen-bond donors (Lipinski definition) is 1. The van der Waals surface area contributed by atoms with Gasteiger partial charge in [0.1, 0.15) is 11.5 Å². The molecule has 23 heavy (non-hydrogen) atoms. The molecule has 0 radical (unpaired) electrons. The Balaban J connectivity index is 1.86. The number of rotatable bonds is 7. The number of hydrogen-bond acceptors (Lipinski definition) is 5. The first-order chi connectivity index (χ1) is 11.2. The minimum absolute atomic E-state index is 0.0163. The van der Waals surface area contributed by atoms with E-state index in [1.807, 2.05) is 6.07 Å². The minimum atomic E-state index is -0.0163. The summed E-state index contributed by atoms with van der Waals surface area (Å²) >= 11 is 0. The molecule has 1 N–H and O–H groups in total. The highest BCUT2D eigenvalue weighted by Crippen LogP contribution is 2.28. The average Bonchev–Trinajstić information content (AvgIpc) is 2.57. The number of piperazine rings is 1. The van der Waals surface area contributed by atoms with Crippen molar-refractivity contribution in [3.63, 3.8) is 0 Å². The Morgan fingerprint density at radius 3 is 2.43 bits per heavy atom. The number of nitrogens with one attached hydrogen (secondary N) is 1. The Hall–Kier alpha value is -1.79. The van der Waals surface area contributed by atoms with Crippen LogP contribution in [0.3, 0.4) is 0 Å². The highest BCUT2D eigenvalue weighted by molar-refractivity contribution is 5.93. The third kappa shape index (κ3) is 5.11. The molecule has 1 aliphatic rings. The maximum absolute atomic E-state index is 12.3. The zero-order chi connectivity index (χ0) is 16.7. The fraction of sp³-hybridized carbons (Fsp3) is 0.588. The van der Waals surface area contributed by atoms with Gasteiger partial charge in [0.15, 0.2) is 0 Å². The highest BCUT2D eigenvalue weighted by atomic mass is 16.5. The first-order valence-corrected chi connectivity index (χ1v) is 8.12. The fourth-order valence-corrected chi connectivity index (χ4v) is 2.78. The van der Waals surface area contributed by atoms with Gasteiger partial charge in [0.05, 0.1) is 26.5 Å². The summed E-state index contributed by atoms with van der Waals surface area (Å²) in [4.78, 5) is 16.9. The lowest BCUT2D eigenvalue weighted by atomic mass is 10.2. The van der Waals surface area contributed by atoms with Gasteiger partial charge in [0.2, 0.25) is 5.91 Å². The number of amides is 1. The van der Waals surface area contributed by atoms with Crippen LogP contribution < -0.4 is 14.8 Å². The largest absolute Gasteiger partial charge is 0.497 e. The van der Waals surface area contributed by atoms with Crippen LogP contribution in [-0.2, 0) is 4.79 Å². The molecule has 1 heterocycles. The summed E-state index contributed by atoms with van der Waals surface area (Å²) in [7, 11) is 3.18. The number of methoxy groups -OCH3 is 2. The van der Waals surface area contributed by atoms with Gasteiger partial charge in [-0.2, -0.15) is 0 Å². The molecule has 0 spiro atoms. The summed E-state index contributed by atoms with van der Waals surface area (Å²) < 4.78 is 10.5. The van der Waals surface area contributed by atoms with E-state index >= 15 is 0 Å². The maximum Gasteiger partial charge on any atom is 0.238 e. The van der Waals surface area contributed by atoms with E-state index in [2.05, 4.69) is 22.0 Å². The average molecular weight is 321 g/mol. The van der Waals surface area contributed by atoms with Gasteiger partial charge in [-0.3, -0.25) is 9.69 Å². The van der Waals surface area contributed by atoms with Gasteiger partial charge in [0, 0.05) is 32.2 Å². The van der Waals surface area contributed by atoms with E-state index in [9.17, 15) is 4.79 Å². The van der Waals surface area contributed by atoms with Gasteiger partial charge >= 0.3 is 0 Å². The van der Waals surface area contributed by atoms with E-state index < -0.39 is 0 Å². The first-order valence-electron chi connectivity index (χ1n) is 8.12. The van der Waals surface area contributed by atoms with Crippen molar-refractivity contribution in [1.29, 1.82) is 0 Å². The lowest BCUT2D eigenvalue weighted by molar-refractivity contribution is -0.117. The third-order valence-corrected chi connectivity index (χ3v) is 4.05. The van der Waals surface area contributed by atoms with E-state index in [1.165, 1.54) is 6.42 Å². The third-order valence-electron chi connectivity index (χ3n) is 4.05. The molecular formula is C17H27N3O3. The molecule has 6 nitrogen and oxygen atoms in total. The zero-order valence-corrected chi connectivity index (χ0v) is 14.3. The van der Waals surface area contributed by atoms with Crippen LogP contribution >= 0.6 is 0 Å². The van der Waals surface area contributed by atoms with Crippen molar-refractivity contribution in [2.24, 2.45) is 0 Å². The van der Waals surface area contributed by atoms with Crippen LogP contribution in [0.15, 0.2) is 18.2 Å². The summed E-state index contributed by atoms with van der Waals surface area (Å²) in [6.07, 6.45) is 1.18. The van der Waals surface area contributed by atoms with E-state index in [0.717, 1.165) is 32.7 Å². The second-order valence-electron chi connectivity index (χ2n) is 5.73. The standard InChI is InChI=1S/C17H27N3O3/c1-4-7-19-8-10-20(11-9-19)13-17(21)18-15-6-5-14(22-2)12-16(15)23-3/h5-6,12H,4,7-11,13H2,1-3H3,(H,18,21). The van der Waals surface area contributed by atoms with E-state index in [-0.39, 0.29) is 5.91 Å². The molecule has 0 aromatic heterocycles. The number of carbonyl (C=O) groups excluding carboxylic acids is 1. The molecule has 6 heteroatoms. The van der Waals surface area contributed by atoms with Crippen LogP contribution in [0.25, 0.3) is 0 Å². The lowest BCUT2D eigenvalue weighted by Crippen LogP contribution is -2.48. The lowest BCUT2D eigenvalue weighted by Gasteiger charge is -2.34. The zero-order valence-electron chi connectivity index (χ0n) is 14.3. The summed E-state index contributed by atoms with van der Waals surface area (Å²) in [5.74, 6) is 1.29. The van der Waals surface area contributed by atoms with E-state index in [4.69, 9.17) is 9.47 Å². The summed E-state index contributed by atoms with van der Waals surface area (Å²) in [5.41, 5.74) is 0.669. The van der Waals surface area contributed by atoms with Crippen LogP contribution in [-0.4, -0.2) is 69.2 Å². The van der Waals surface area contributed by atoms with Crippen LogP contribution in [0.4, 0.5) is 5.69 Å². The summed E-state index contributed by atoms with van der Waals surface area (Å²) in [6, 6.07) is 5.37. The van der Waals surface area contributed by atoms with Crippen molar-refractivity contribution < 1.29 is 14.3 Å². The summed E-state index contributed by atoms with van der Waals surface area (Å²) in [6.45, 7) is 7.70. The quantitative estimate of drug-likeness (QED) is 0.828. The molecule has 1 amide bonds. The van der Waals surface area contributed by atoms with Gasteiger partial charge in [-0.15, -0.1) is 0 Å². The van der Waals surface area contributed by atoms with Gasteiger partial charge in [0.25, 0.3) is 0 Å². The number of nitrogens with zero attached hydrogens (tertiary/aromatic N) is 2. The second-order valence-corrected chi connectivity index (χ2v) is 5.73. The molecule has 0 saturated carbocycles. The van der Waals surface area contributed by atoms with Crippen molar-refractivity contribution >= 4 is 11.6 Å². The molecule has 0 aliphatic carbocycles. The number of benzene rings is 1. The Morgan fingerprint density at radius 1 is 1.13 bits per heavy atom. The smallest absolute Gasteiger partial charge is 0.238 e. The Bertz CT molecular complexity index is 514. The molecule has 2 rings (SSSR count). The molecule has 1 aromatic rings. The SMILES string of the molecule is CCCN1CCN(CC(=O)Nc2ccc(OC)cc2OC)CC1.